The number of nitrogens with one attached hydrogen (secondary N) is 3. The summed E-state index contributed by atoms with van der Waals surface area (Å²) in [6.45, 7) is 4.18. The fourth-order valence-corrected chi connectivity index (χ4v) is 9.23. The molecule has 1 aliphatic rings. The molecule has 12 heteroatoms. The summed E-state index contributed by atoms with van der Waals surface area (Å²) in [5.41, 5.74) is 3.09. The summed E-state index contributed by atoms with van der Waals surface area (Å²) in [4.78, 5) is 45.8. The van der Waals surface area contributed by atoms with E-state index in [9.17, 15) is 29.7 Å². The number of aromatic amines is 1. The molecule has 6 N–H and O–H groups in total. The van der Waals surface area contributed by atoms with Gasteiger partial charge in [-0.3, -0.25) is 14.5 Å². The second-order valence-corrected chi connectivity index (χ2v) is 17.5. The minimum absolute atomic E-state index is 0.0549. The van der Waals surface area contributed by atoms with Crippen molar-refractivity contribution in [3.8, 4) is 16.2 Å². The number of piperidine rings is 1. The number of thiophene rings is 1. The highest BCUT2D eigenvalue weighted by atomic mass is 32.1. The fourth-order valence-electron chi connectivity index (χ4n) is 8.28. The van der Waals surface area contributed by atoms with Crippen LogP contribution in [0.3, 0.4) is 0 Å². The van der Waals surface area contributed by atoms with Crippen LogP contribution < -0.4 is 16.2 Å². The lowest BCUT2D eigenvalue weighted by Crippen LogP contribution is -2.40. The molecule has 0 bridgehead atoms. The number of amides is 1. The van der Waals surface area contributed by atoms with Crippen molar-refractivity contribution in [1.29, 1.82) is 0 Å². The Morgan fingerprint density at radius 2 is 1.56 bits per heavy atom. The molecule has 3 heterocycles. The molecule has 0 spiro atoms. The van der Waals surface area contributed by atoms with E-state index in [4.69, 9.17) is 4.74 Å². The van der Waals surface area contributed by atoms with Crippen molar-refractivity contribution in [3.63, 3.8) is 0 Å². The van der Waals surface area contributed by atoms with Gasteiger partial charge in [0.1, 0.15) is 5.75 Å². The molecule has 11 nitrogen and oxygen atoms in total. The van der Waals surface area contributed by atoms with Gasteiger partial charge in [-0.15, -0.1) is 11.3 Å². The molecule has 7 aromatic rings. The molecule has 0 saturated carbocycles. The summed E-state index contributed by atoms with van der Waals surface area (Å²) in [6, 6.07) is 44.2. The van der Waals surface area contributed by atoms with Crippen LogP contribution in [-0.4, -0.2) is 69.9 Å². The molecule has 0 unspecified atom stereocenters. The van der Waals surface area contributed by atoms with E-state index in [0.717, 1.165) is 53.4 Å². The van der Waals surface area contributed by atoms with Gasteiger partial charge in [0.05, 0.1) is 24.8 Å². The number of pyridine rings is 1. The Morgan fingerprint density at radius 1 is 0.828 bits per heavy atom. The molecule has 0 radical (unpaired) electrons. The molecule has 1 fully saturated rings. The molecule has 328 valence electrons. The molecular weight excluding hydrogens is 825 g/mol. The second-order valence-electron chi connectivity index (χ2n) is 16.4. The third-order valence-corrected chi connectivity index (χ3v) is 13.1. The van der Waals surface area contributed by atoms with E-state index < -0.39 is 17.7 Å². The number of aliphatic hydroxyl groups excluding tert-OH is 1. The van der Waals surface area contributed by atoms with Crippen molar-refractivity contribution in [3.05, 3.63) is 194 Å². The number of H-pyrrole nitrogens is 1. The van der Waals surface area contributed by atoms with Gasteiger partial charge in [0.25, 0.3) is 5.91 Å². The van der Waals surface area contributed by atoms with Crippen molar-refractivity contribution < 1.29 is 29.6 Å². The molecule has 5 aromatic carbocycles. The highest BCUT2D eigenvalue weighted by molar-refractivity contribution is 7.15. The third-order valence-electron chi connectivity index (χ3n) is 12.0. The number of nitrogens with zero attached hydrogens (tertiary/aromatic N) is 1. The number of rotatable bonds is 17. The number of fused-ring (bicyclic) bond motifs is 1. The van der Waals surface area contributed by atoms with Crippen molar-refractivity contribution >= 4 is 34.1 Å². The van der Waals surface area contributed by atoms with Crippen LogP contribution in [0.1, 0.15) is 62.0 Å². The molecule has 0 aliphatic carbocycles. The van der Waals surface area contributed by atoms with Gasteiger partial charge in [-0.05, 0) is 115 Å². The van der Waals surface area contributed by atoms with Crippen LogP contribution in [0.25, 0.3) is 21.3 Å². The molecule has 8 rings (SSSR count). The maximum absolute atomic E-state index is 14.0. The lowest BCUT2D eigenvalue weighted by molar-refractivity contribution is -0.164. The standard InChI is InChI=1S/C52H52N4O7S/c57-45-21-19-43(44-20-23-48(59)55-49(44)45)46(58)32-53-27-24-35-14-16-38(17-15-35)50(60)54-31-42-18-22-47(64-42)39-10-7-13-41(30-39)52(62,40-11-5-2-6-12-40)51(61)63-34-37-25-28-56(29-26-37)33-36-8-3-1-4-9-36/h1-23,30,37,46,53,57-58,62H,24-29,31-34H2,(H,54,60)(H,55,59)/t46-,52-/m0/s1. The number of phenolic OH excluding ortho intramolecular Hbond substituents is 1. The first kappa shape index (κ1) is 44.2. The van der Waals surface area contributed by atoms with Crippen LogP contribution in [0.15, 0.2) is 150 Å². The summed E-state index contributed by atoms with van der Waals surface area (Å²) in [5.74, 6) is -0.735. The summed E-state index contributed by atoms with van der Waals surface area (Å²) >= 11 is 1.53. The SMILES string of the molecule is O=C(NCc1ccc(-c2cccc([C@](O)(C(=O)OCC3CCN(Cc4ccccc4)CC3)c3ccccc3)c2)s1)c1ccc(CCNC[C@H](O)c2ccc(O)c3[nH]c(=O)ccc23)cc1. The monoisotopic (exact) mass is 876 g/mol. The number of phenols is 1. The van der Waals surface area contributed by atoms with E-state index in [1.807, 2.05) is 54.6 Å². The number of hydrogen-bond acceptors (Lipinski definition) is 10. The van der Waals surface area contributed by atoms with Gasteiger partial charge in [0.15, 0.2) is 0 Å². The average molecular weight is 877 g/mol. The maximum atomic E-state index is 14.0. The normalized spacial score (nSPS) is 14.8. The molecule has 2 aromatic heterocycles. The van der Waals surface area contributed by atoms with Gasteiger partial charge in [-0.1, -0.05) is 97.1 Å². The number of aromatic nitrogens is 1. The lowest BCUT2D eigenvalue weighted by atomic mass is 9.85. The minimum atomic E-state index is -2.01. The maximum Gasteiger partial charge on any atom is 0.347 e. The van der Waals surface area contributed by atoms with Crippen molar-refractivity contribution in [2.75, 3.05) is 32.8 Å². The van der Waals surface area contributed by atoms with E-state index >= 15 is 0 Å². The Hall–Kier alpha value is -6.41. The second kappa shape index (κ2) is 20.4. The van der Waals surface area contributed by atoms with Crippen LogP contribution in [-0.2, 0) is 34.6 Å². The van der Waals surface area contributed by atoms with E-state index in [1.165, 1.54) is 29.0 Å². The number of ether oxygens (including phenoxy) is 1. The van der Waals surface area contributed by atoms with Crippen LogP contribution in [0.5, 0.6) is 5.75 Å². The highest BCUT2D eigenvalue weighted by Crippen LogP contribution is 2.36. The first-order valence-corrected chi connectivity index (χ1v) is 22.5. The van der Waals surface area contributed by atoms with Crippen LogP contribution in [0.2, 0.25) is 0 Å². The third kappa shape index (κ3) is 10.5. The van der Waals surface area contributed by atoms with Crippen LogP contribution in [0.4, 0.5) is 0 Å². The average Bonchev–Trinajstić information content (AvgIpc) is 3.82. The van der Waals surface area contributed by atoms with Gasteiger partial charge in [0, 0.05) is 45.4 Å². The number of likely N-dealkylation sites (tertiary alicyclic amines) is 1. The first-order chi connectivity index (χ1) is 31.1. The lowest BCUT2D eigenvalue weighted by Gasteiger charge is -2.33. The van der Waals surface area contributed by atoms with Gasteiger partial charge < -0.3 is 35.7 Å². The van der Waals surface area contributed by atoms with E-state index in [-0.39, 0.29) is 36.3 Å². The number of aliphatic hydroxyl groups is 2. The zero-order valence-electron chi connectivity index (χ0n) is 35.4. The van der Waals surface area contributed by atoms with E-state index in [2.05, 4.69) is 44.8 Å². The van der Waals surface area contributed by atoms with Crippen molar-refractivity contribution in [2.24, 2.45) is 5.92 Å². The number of hydrogen-bond donors (Lipinski definition) is 6. The van der Waals surface area contributed by atoms with E-state index in [1.54, 1.807) is 54.6 Å². The molecule has 2 atom stereocenters. The highest BCUT2D eigenvalue weighted by Gasteiger charge is 2.42. The Bertz CT molecular complexity index is 2730. The minimum Gasteiger partial charge on any atom is -0.506 e. The Morgan fingerprint density at radius 3 is 2.33 bits per heavy atom. The van der Waals surface area contributed by atoms with Gasteiger partial charge in [0.2, 0.25) is 11.2 Å². The molecule has 64 heavy (non-hydrogen) atoms. The molecule has 1 amide bonds. The number of benzene rings is 5. The Balaban J connectivity index is 0.831. The van der Waals surface area contributed by atoms with E-state index in [0.29, 0.717) is 52.7 Å². The summed E-state index contributed by atoms with van der Waals surface area (Å²) in [6.07, 6.45) is 1.65. The van der Waals surface area contributed by atoms with Crippen molar-refractivity contribution in [2.45, 2.75) is 44.1 Å². The fraction of sp³-hybridized carbons (Fsp3) is 0.250. The zero-order chi connectivity index (χ0) is 44.5. The first-order valence-electron chi connectivity index (χ1n) is 21.7. The quantitative estimate of drug-likeness (QED) is 0.0403. The van der Waals surface area contributed by atoms with Crippen molar-refractivity contribution in [1.82, 2.24) is 20.5 Å². The van der Waals surface area contributed by atoms with Gasteiger partial charge in [-0.2, -0.15) is 0 Å². The number of carbonyl (C=O) groups excluding carboxylic acids is 2. The number of aromatic hydroxyl groups is 1. The largest absolute Gasteiger partial charge is 0.506 e. The number of esters is 1. The summed E-state index contributed by atoms with van der Waals surface area (Å²) in [5, 5.41) is 40.1. The molecule has 1 saturated heterocycles. The number of carbonyl (C=O) groups is 2. The molecular formula is C52H52N4O7S. The molecule has 1 aliphatic heterocycles. The predicted octanol–water partition coefficient (Wildman–Crippen LogP) is 7.45. The van der Waals surface area contributed by atoms with Crippen LogP contribution in [0, 0.1) is 5.92 Å². The Labute approximate surface area is 376 Å². The van der Waals surface area contributed by atoms with Gasteiger partial charge >= 0.3 is 5.97 Å². The predicted molar refractivity (Wildman–Crippen MR) is 250 cm³/mol. The zero-order valence-corrected chi connectivity index (χ0v) is 36.2. The topological polar surface area (TPSA) is 164 Å². The Kier molecular flexibility index (Phi) is 14.1. The summed E-state index contributed by atoms with van der Waals surface area (Å²) in [7, 11) is 0. The smallest absolute Gasteiger partial charge is 0.347 e. The van der Waals surface area contributed by atoms with Gasteiger partial charge in [-0.25, -0.2) is 4.79 Å². The van der Waals surface area contributed by atoms with Crippen LogP contribution >= 0.6 is 11.3 Å². The summed E-state index contributed by atoms with van der Waals surface area (Å²) < 4.78 is 5.95.